The van der Waals surface area contributed by atoms with Crippen LogP contribution in [0.25, 0.3) is 0 Å². The predicted molar refractivity (Wildman–Crippen MR) is 125 cm³/mol. The summed E-state index contributed by atoms with van der Waals surface area (Å²) in [6, 6.07) is 11.6. The molecule has 1 N–H and O–H groups in total. The third-order valence-corrected chi connectivity index (χ3v) is 6.58. The number of hydrogen-bond acceptors (Lipinski definition) is 6. The summed E-state index contributed by atoms with van der Waals surface area (Å²) in [5, 5.41) is 3.30. The molecule has 1 aliphatic rings. The minimum atomic E-state index is -0.521. The highest BCUT2D eigenvalue weighted by molar-refractivity contribution is 7.98. The number of nitrogens with one attached hydrogen (secondary N) is 1. The number of aromatic nitrogens is 2. The normalized spacial score (nSPS) is 15.0. The molecule has 0 spiro atoms. The van der Waals surface area contributed by atoms with Gasteiger partial charge in [-0.2, -0.15) is 4.98 Å². The lowest BCUT2D eigenvalue weighted by Gasteiger charge is -2.29. The standard InChI is InChI=1S/C24H24FN3O4S/c1-4-32-21-16(6-5-7-18(21)31-3)17-12-19(29)26-22-20(17)23(30)27-24(28(22)2)33-13-14-8-10-15(25)11-9-14/h5-11,17H,4,12-13H2,1-3H3,(H,26,29). The van der Waals surface area contributed by atoms with Crippen molar-refractivity contribution in [1.29, 1.82) is 0 Å². The Morgan fingerprint density at radius 3 is 2.67 bits per heavy atom. The summed E-state index contributed by atoms with van der Waals surface area (Å²) in [5.41, 5.74) is 1.61. The predicted octanol–water partition coefficient (Wildman–Crippen LogP) is 4.09. The summed E-state index contributed by atoms with van der Waals surface area (Å²) in [7, 11) is 3.31. The molecule has 1 aromatic heterocycles. The van der Waals surface area contributed by atoms with E-state index in [1.165, 1.54) is 23.9 Å². The number of thioether (sulfide) groups is 1. The zero-order valence-corrected chi connectivity index (χ0v) is 19.4. The first kappa shape index (κ1) is 22.8. The van der Waals surface area contributed by atoms with Gasteiger partial charge in [0, 0.05) is 30.7 Å². The quantitative estimate of drug-likeness (QED) is 0.415. The molecule has 1 atom stereocenters. The van der Waals surface area contributed by atoms with Crippen molar-refractivity contribution in [2.45, 2.75) is 30.2 Å². The molecule has 7 nitrogen and oxygen atoms in total. The van der Waals surface area contributed by atoms with Crippen molar-refractivity contribution in [3.8, 4) is 11.5 Å². The molecule has 1 unspecified atom stereocenters. The Hall–Kier alpha value is -3.33. The molecular formula is C24H24FN3O4S. The Kier molecular flexibility index (Phi) is 6.69. The number of nitrogens with zero attached hydrogens (tertiary/aromatic N) is 2. The first-order chi connectivity index (χ1) is 15.9. The van der Waals surface area contributed by atoms with Crippen LogP contribution in [0.3, 0.4) is 0 Å². The third kappa shape index (κ3) is 4.59. The zero-order chi connectivity index (χ0) is 23.5. The Labute approximate surface area is 194 Å². The highest BCUT2D eigenvalue weighted by atomic mass is 32.2. The van der Waals surface area contributed by atoms with Crippen LogP contribution in [0.15, 0.2) is 52.4 Å². The molecule has 2 aromatic carbocycles. The van der Waals surface area contributed by atoms with Crippen LogP contribution >= 0.6 is 11.8 Å². The number of para-hydroxylation sites is 1. The second kappa shape index (κ2) is 9.66. The van der Waals surface area contributed by atoms with E-state index in [9.17, 15) is 14.0 Å². The number of anilines is 1. The third-order valence-electron chi connectivity index (χ3n) is 5.48. The SMILES string of the molecule is CCOc1c(OC)cccc1C1CC(=O)Nc2c1c(=O)nc(SCc1ccc(F)cc1)n2C. The van der Waals surface area contributed by atoms with Gasteiger partial charge in [0.25, 0.3) is 5.56 Å². The van der Waals surface area contributed by atoms with Crippen LogP contribution in [-0.2, 0) is 17.6 Å². The van der Waals surface area contributed by atoms with Crippen LogP contribution in [-0.4, -0.2) is 29.2 Å². The van der Waals surface area contributed by atoms with Gasteiger partial charge in [-0.05, 0) is 30.7 Å². The van der Waals surface area contributed by atoms with Gasteiger partial charge < -0.3 is 19.4 Å². The molecule has 0 fully saturated rings. The second-order valence-electron chi connectivity index (χ2n) is 7.55. The molecule has 4 rings (SSSR count). The molecule has 2 heterocycles. The Bertz CT molecular complexity index is 1240. The van der Waals surface area contributed by atoms with E-state index in [1.807, 2.05) is 19.1 Å². The smallest absolute Gasteiger partial charge is 0.279 e. The fourth-order valence-corrected chi connectivity index (χ4v) is 4.85. The largest absolute Gasteiger partial charge is 0.493 e. The fraction of sp³-hybridized carbons (Fsp3) is 0.292. The number of carbonyl (C=O) groups excluding carboxylic acids is 1. The number of amides is 1. The maximum atomic E-state index is 13.2. The number of rotatable bonds is 7. The first-order valence-corrected chi connectivity index (χ1v) is 11.5. The van der Waals surface area contributed by atoms with Crippen molar-refractivity contribution >= 4 is 23.5 Å². The van der Waals surface area contributed by atoms with Gasteiger partial charge in [0.2, 0.25) is 5.91 Å². The van der Waals surface area contributed by atoms with Gasteiger partial charge in [-0.3, -0.25) is 9.59 Å². The van der Waals surface area contributed by atoms with Crippen molar-refractivity contribution in [3.63, 3.8) is 0 Å². The van der Waals surface area contributed by atoms with Crippen LogP contribution in [0.4, 0.5) is 10.2 Å². The van der Waals surface area contributed by atoms with Gasteiger partial charge in [-0.25, -0.2) is 4.39 Å². The average Bonchev–Trinajstić information content (AvgIpc) is 2.81. The maximum absolute atomic E-state index is 13.2. The Morgan fingerprint density at radius 2 is 1.97 bits per heavy atom. The highest BCUT2D eigenvalue weighted by Gasteiger charge is 2.34. The second-order valence-corrected chi connectivity index (χ2v) is 8.49. The molecule has 33 heavy (non-hydrogen) atoms. The lowest BCUT2D eigenvalue weighted by Crippen LogP contribution is -2.33. The summed E-state index contributed by atoms with van der Waals surface area (Å²) in [6.07, 6.45) is 0.0965. The summed E-state index contributed by atoms with van der Waals surface area (Å²) >= 11 is 1.34. The maximum Gasteiger partial charge on any atom is 0.279 e. The van der Waals surface area contributed by atoms with E-state index in [0.717, 1.165) is 5.56 Å². The summed E-state index contributed by atoms with van der Waals surface area (Å²) in [4.78, 5) is 30.2. The van der Waals surface area contributed by atoms with E-state index in [2.05, 4.69) is 10.3 Å². The number of carbonyl (C=O) groups is 1. The molecule has 9 heteroatoms. The molecule has 0 saturated carbocycles. The Morgan fingerprint density at radius 1 is 1.21 bits per heavy atom. The number of halogens is 1. The van der Waals surface area contributed by atoms with E-state index >= 15 is 0 Å². The molecule has 1 amide bonds. The van der Waals surface area contributed by atoms with Crippen LogP contribution in [0.2, 0.25) is 0 Å². The molecule has 0 saturated heterocycles. The lowest BCUT2D eigenvalue weighted by molar-refractivity contribution is -0.116. The van der Waals surface area contributed by atoms with Gasteiger partial charge in [0.05, 0.1) is 19.3 Å². The molecule has 172 valence electrons. The molecule has 0 bridgehead atoms. The topological polar surface area (TPSA) is 82.4 Å². The molecular weight excluding hydrogens is 445 g/mol. The van der Waals surface area contributed by atoms with Gasteiger partial charge in [0.1, 0.15) is 11.6 Å². The van der Waals surface area contributed by atoms with Crippen molar-refractivity contribution in [2.24, 2.45) is 7.05 Å². The lowest BCUT2D eigenvalue weighted by atomic mass is 9.86. The van der Waals surface area contributed by atoms with Crippen LogP contribution in [0.5, 0.6) is 11.5 Å². The summed E-state index contributed by atoms with van der Waals surface area (Å²) in [5.74, 6) is 0.953. The zero-order valence-electron chi connectivity index (χ0n) is 18.6. The van der Waals surface area contributed by atoms with Gasteiger partial charge >= 0.3 is 0 Å². The molecule has 0 radical (unpaired) electrons. The monoisotopic (exact) mass is 469 g/mol. The van der Waals surface area contributed by atoms with Gasteiger partial charge in [0.15, 0.2) is 16.7 Å². The number of methoxy groups -OCH3 is 1. The Balaban J connectivity index is 1.75. The minimum Gasteiger partial charge on any atom is -0.493 e. The number of ether oxygens (including phenoxy) is 2. The van der Waals surface area contributed by atoms with Crippen molar-refractivity contribution in [3.05, 3.63) is 75.3 Å². The fourth-order valence-electron chi connectivity index (χ4n) is 3.93. The molecule has 1 aliphatic heterocycles. The molecule has 0 aliphatic carbocycles. The molecule has 3 aromatic rings. The number of benzene rings is 2. The summed E-state index contributed by atoms with van der Waals surface area (Å²) < 4.78 is 26.2. The van der Waals surface area contributed by atoms with E-state index in [4.69, 9.17) is 9.47 Å². The number of hydrogen-bond donors (Lipinski definition) is 1. The van der Waals surface area contributed by atoms with Gasteiger partial charge in [-0.15, -0.1) is 0 Å². The van der Waals surface area contributed by atoms with E-state index in [-0.39, 0.29) is 18.1 Å². The van der Waals surface area contributed by atoms with Crippen molar-refractivity contribution in [1.82, 2.24) is 9.55 Å². The first-order valence-electron chi connectivity index (χ1n) is 10.5. The summed E-state index contributed by atoms with van der Waals surface area (Å²) in [6.45, 7) is 2.28. The van der Waals surface area contributed by atoms with Crippen LogP contribution < -0.4 is 20.3 Å². The minimum absolute atomic E-state index is 0.0965. The van der Waals surface area contributed by atoms with Gasteiger partial charge in [-0.1, -0.05) is 36.0 Å². The van der Waals surface area contributed by atoms with Crippen molar-refractivity contribution < 1.29 is 18.7 Å². The van der Waals surface area contributed by atoms with E-state index in [1.54, 1.807) is 36.9 Å². The van der Waals surface area contributed by atoms with E-state index in [0.29, 0.717) is 46.0 Å². The highest BCUT2D eigenvalue weighted by Crippen LogP contribution is 2.43. The van der Waals surface area contributed by atoms with Crippen LogP contribution in [0, 0.1) is 5.82 Å². The number of fused-ring (bicyclic) bond motifs is 1. The van der Waals surface area contributed by atoms with E-state index < -0.39 is 11.5 Å². The van der Waals surface area contributed by atoms with Crippen molar-refractivity contribution in [2.75, 3.05) is 19.0 Å². The van der Waals surface area contributed by atoms with Crippen LogP contribution in [0.1, 0.15) is 36.0 Å². The average molecular weight is 470 g/mol.